The summed E-state index contributed by atoms with van der Waals surface area (Å²) >= 11 is 0. The van der Waals surface area contributed by atoms with Gasteiger partial charge in [-0.1, -0.05) is 30.3 Å². The van der Waals surface area contributed by atoms with E-state index in [4.69, 9.17) is 4.74 Å². The third-order valence-electron chi connectivity index (χ3n) is 5.60. The Hall–Kier alpha value is -2.37. The minimum atomic E-state index is -0.0130. The highest BCUT2D eigenvalue weighted by Crippen LogP contribution is 2.32. The fourth-order valence-electron chi connectivity index (χ4n) is 4.18. The largest absolute Gasteiger partial charge is 0.372 e. The van der Waals surface area contributed by atoms with Crippen LogP contribution in [-0.4, -0.2) is 36.5 Å². The topological polar surface area (TPSA) is 44.8 Å². The number of anilines is 1. The molecule has 2 aromatic carbocycles. The number of carbonyl (C=O) groups is 1. The summed E-state index contributed by atoms with van der Waals surface area (Å²) < 4.78 is 5.47. The van der Waals surface area contributed by atoms with Crippen LogP contribution in [0.15, 0.2) is 42.5 Å². The number of benzene rings is 2. The molecule has 0 spiro atoms. The zero-order valence-electron chi connectivity index (χ0n) is 16.8. The summed E-state index contributed by atoms with van der Waals surface area (Å²) in [6, 6.07) is 14.9. The van der Waals surface area contributed by atoms with Crippen molar-refractivity contribution in [1.82, 2.24) is 9.80 Å². The van der Waals surface area contributed by atoms with E-state index in [2.05, 4.69) is 54.6 Å². The van der Waals surface area contributed by atoms with Crippen molar-refractivity contribution >= 4 is 11.7 Å². The lowest BCUT2D eigenvalue weighted by Gasteiger charge is -2.36. The first kappa shape index (κ1) is 19.0. The average molecular weight is 380 g/mol. The number of nitrogens with one attached hydrogen (secondary N) is 1. The Morgan fingerprint density at radius 2 is 1.89 bits per heavy atom. The van der Waals surface area contributed by atoms with Crippen LogP contribution in [0.2, 0.25) is 0 Å². The van der Waals surface area contributed by atoms with Crippen LogP contribution in [0.25, 0.3) is 0 Å². The zero-order valence-corrected chi connectivity index (χ0v) is 16.8. The normalized spacial score (nSPS) is 19.0. The summed E-state index contributed by atoms with van der Waals surface area (Å²) in [5.74, 6) is 0. The van der Waals surface area contributed by atoms with Gasteiger partial charge < -0.3 is 19.9 Å². The highest BCUT2D eigenvalue weighted by atomic mass is 16.5. The van der Waals surface area contributed by atoms with Crippen molar-refractivity contribution in [3.8, 4) is 0 Å². The van der Waals surface area contributed by atoms with Crippen molar-refractivity contribution in [2.24, 2.45) is 0 Å². The van der Waals surface area contributed by atoms with Gasteiger partial charge in [0, 0.05) is 18.8 Å². The van der Waals surface area contributed by atoms with Crippen molar-refractivity contribution < 1.29 is 9.53 Å². The smallest absolute Gasteiger partial charge is 0.322 e. The molecule has 1 N–H and O–H groups in total. The molecule has 2 aromatic rings. The Morgan fingerprint density at radius 3 is 2.68 bits per heavy atom. The molecule has 2 amide bonds. The fourth-order valence-corrected chi connectivity index (χ4v) is 4.18. The van der Waals surface area contributed by atoms with E-state index in [0.29, 0.717) is 13.2 Å². The second-order valence-electron chi connectivity index (χ2n) is 8.09. The van der Waals surface area contributed by atoms with E-state index >= 15 is 0 Å². The summed E-state index contributed by atoms with van der Waals surface area (Å²) in [4.78, 5) is 17.2. The summed E-state index contributed by atoms with van der Waals surface area (Å²) in [6.45, 7) is 3.02. The summed E-state index contributed by atoms with van der Waals surface area (Å²) in [5, 5.41) is 3.10. The molecule has 2 aliphatic rings. The Kier molecular flexibility index (Phi) is 5.64. The van der Waals surface area contributed by atoms with Gasteiger partial charge in [0.25, 0.3) is 0 Å². The summed E-state index contributed by atoms with van der Waals surface area (Å²) in [7, 11) is 4.15. The second kappa shape index (κ2) is 8.33. The molecule has 0 bridgehead atoms. The van der Waals surface area contributed by atoms with Gasteiger partial charge in [-0.2, -0.15) is 0 Å². The summed E-state index contributed by atoms with van der Waals surface area (Å²) in [6.07, 6.45) is 3.23. The van der Waals surface area contributed by atoms with Crippen LogP contribution in [0, 0.1) is 0 Å². The van der Waals surface area contributed by atoms with E-state index < -0.39 is 0 Å². The predicted octanol–water partition coefficient (Wildman–Crippen LogP) is 4.54. The molecule has 1 atom stereocenters. The Bertz CT molecular complexity index is 832. The number of rotatable bonds is 4. The van der Waals surface area contributed by atoms with Crippen LogP contribution in [0.3, 0.4) is 0 Å². The molecular formula is C23H29N3O2. The highest BCUT2D eigenvalue weighted by molar-refractivity contribution is 5.89. The van der Waals surface area contributed by atoms with Gasteiger partial charge in [0.2, 0.25) is 0 Å². The van der Waals surface area contributed by atoms with Crippen LogP contribution >= 0.6 is 0 Å². The second-order valence-corrected chi connectivity index (χ2v) is 8.09. The van der Waals surface area contributed by atoms with Crippen LogP contribution in [0.1, 0.15) is 47.6 Å². The fraction of sp³-hybridized carbons (Fsp3) is 0.435. The maximum Gasteiger partial charge on any atom is 0.322 e. The molecule has 2 heterocycles. The summed E-state index contributed by atoms with van der Waals surface area (Å²) in [5.41, 5.74) is 5.75. The van der Waals surface area contributed by atoms with Gasteiger partial charge in [-0.05, 0) is 67.7 Å². The van der Waals surface area contributed by atoms with Crippen LogP contribution < -0.4 is 5.32 Å². The van der Waals surface area contributed by atoms with Crippen molar-refractivity contribution in [2.45, 2.75) is 45.1 Å². The van der Waals surface area contributed by atoms with E-state index in [9.17, 15) is 4.79 Å². The SMILES string of the molecule is CN(C)Cc1ccc([C@@H]2CCCCN2C(=O)Nc2ccc3c(c2)COC3)cc1. The Labute approximate surface area is 167 Å². The van der Waals surface area contributed by atoms with Crippen LogP contribution in [0.5, 0.6) is 0 Å². The maximum absolute atomic E-state index is 13.0. The van der Waals surface area contributed by atoms with Gasteiger partial charge >= 0.3 is 6.03 Å². The molecule has 0 aliphatic carbocycles. The first-order valence-electron chi connectivity index (χ1n) is 10.1. The number of amides is 2. The number of hydrogen-bond acceptors (Lipinski definition) is 3. The third kappa shape index (κ3) is 4.21. The standard InChI is InChI=1S/C23H29N3O2/c1-25(2)14-17-6-8-18(9-7-17)22-5-3-4-12-26(22)23(27)24-21-11-10-19-15-28-16-20(19)13-21/h6-11,13,22H,3-5,12,14-16H2,1-2H3,(H,24,27)/t22-/m0/s1. The molecular weight excluding hydrogens is 350 g/mol. The Balaban J connectivity index is 1.47. The molecule has 5 heteroatoms. The van der Waals surface area contributed by atoms with E-state index in [1.54, 1.807) is 0 Å². The molecule has 0 unspecified atom stereocenters. The third-order valence-corrected chi connectivity index (χ3v) is 5.60. The number of ether oxygens (including phenoxy) is 1. The van der Waals surface area contributed by atoms with E-state index in [0.717, 1.165) is 38.0 Å². The maximum atomic E-state index is 13.0. The number of hydrogen-bond donors (Lipinski definition) is 1. The lowest BCUT2D eigenvalue weighted by atomic mass is 9.95. The van der Waals surface area contributed by atoms with Gasteiger partial charge in [-0.3, -0.25) is 0 Å². The highest BCUT2D eigenvalue weighted by Gasteiger charge is 2.28. The first-order valence-corrected chi connectivity index (χ1v) is 10.1. The molecule has 28 heavy (non-hydrogen) atoms. The predicted molar refractivity (Wildman–Crippen MR) is 111 cm³/mol. The molecule has 1 fully saturated rings. The molecule has 4 rings (SSSR count). The number of fused-ring (bicyclic) bond motifs is 1. The zero-order chi connectivity index (χ0) is 19.5. The molecule has 1 saturated heterocycles. The molecule has 148 valence electrons. The minimum absolute atomic E-state index is 0.0130. The van der Waals surface area contributed by atoms with Crippen molar-refractivity contribution in [2.75, 3.05) is 26.0 Å². The van der Waals surface area contributed by atoms with Gasteiger partial charge in [0.15, 0.2) is 0 Å². The average Bonchev–Trinajstić information content (AvgIpc) is 3.16. The molecule has 5 nitrogen and oxygen atoms in total. The first-order chi connectivity index (χ1) is 13.6. The van der Waals surface area contributed by atoms with Crippen LogP contribution in [0.4, 0.5) is 10.5 Å². The van der Waals surface area contributed by atoms with Crippen molar-refractivity contribution in [1.29, 1.82) is 0 Å². The van der Waals surface area contributed by atoms with Gasteiger partial charge in [-0.15, -0.1) is 0 Å². The quantitative estimate of drug-likeness (QED) is 0.848. The van der Waals surface area contributed by atoms with Crippen molar-refractivity contribution in [3.05, 3.63) is 64.7 Å². The number of carbonyl (C=O) groups excluding carboxylic acids is 1. The lowest BCUT2D eigenvalue weighted by Crippen LogP contribution is -2.41. The van der Waals surface area contributed by atoms with Gasteiger partial charge in [0.1, 0.15) is 0 Å². The minimum Gasteiger partial charge on any atom is -0.372 e. The van der Waals surface area contributed by atoms with Gasteiger partial charge in [-0.25, -0.2) is 4.79 Å². The molecule has 0 radical (unpaired) electrons. The molecule has 0 saturated carbocycles. The number of nitrogens with zero attached hydrogens (tertiary/aromatic N) is 2. The number of piperidine rings is 1. The monoisotopic (exact) mass is 379 g/mol. The van der Waals surface area contributed by atoms with Crippen LogP contribution in [-0.2, 0) is 24.5 Å². The van der Waals surface area contributed by atoms with E-state index in [1.165, 1.54) is 22.3 Å². The Morgan fingerprint density at radius 1 is 1.11 bits per heavy atom. The molecule has 0 aromatic heterocycles. The molecule has 2 aliphatic heterocycles. The number of urea groups is 1. The van der Waals surface area contributed by atoms with E-state index in [-0.39, 0.29) is 12.1 Å². The lowest BCUT2D eigenvalue weighted by molar-refractivity contribution is 0.134. The van der Waals surface area contributed by atoms with E-state index in [1.807, 2.05) is 17.0 Å². The number of likely N-dealkylation sites (tertiary alicyclic amines) is 1. The van der Waals surface area contributed by atoms with Crippen molar-refractivity contribution in [3.63, 3.8) is 0 Å². The van der Waals surface area contributed by atoms with Gasteiger partial charge in [0.05, 0.1) is 19.3 Å².